The molecule has 1 fully saturated rings. The summed E-state index contributed by atoms with van der Waals surface area (Å²) < 4.78 is 1.93. The van der Waals surface area contributed by atoms with Gasteiger partial charge >= 0.3 is 0 Å². The van der Waals surface area contributed by atoms with Crippen molar-refractivity contribution in [3.05, 3.63) is 17.5 Å². The van der Waals surface area contributed by atoms with Crippen LogP contribution in [0.15, 0.2) is 6.20 Å². The maximum Gasteiger partial charge on any atom is 0.0540 e. The monoisotopic (exact) mass is 250 g/mol. The molecule has 0 aromatic carbocycles. The zero-order chi connectivity index (χ0) is 13.1. The van der Waals surface area contributed by atoms with Gasteiger partial charge in [0.25, 0.3) is 0 Å². The second-order valence-electron chi connectivity index (χ2n) is 5.57. The molecular weight excluding hydrogens is 224 g/mol. The molecule has 102 valence electrons. The first-order chi connectivity index (χ1) is 8.69. The van der Waals surface area contributed by atoms with Crippen LogP contribution in [0.25, 0.3) is 0 Å². The van der Waals surface area contributed by atoms with Crippen LogP contribution in [-0.4, -0.2) is 9.78 Å². The minimum absolute atomic E-state index is 0.254. The van der Waals surface area contributed by atoms with E-state index in [0.29, 0.717) is 5.92 Å². The van der Waals surface area contributed by atoms with E-state index in [4.69, 9.17) is 5.84 Å². The fourth-order valence-corrected chi connectivity index (χ4v) is 3.45. The molecule has 4 heteroatoms. The molecule has 1 saturated carbocycles. The Hall–Kier alpha value is -0.870. The molecular formula is C14H26N4. The van der Waals surface area contributed by atoms with Gasteiger partial charge in [0, 0.05) is 18.3 Å². The quantitative estimate of drug-likeness (QED) is 0.637. The molecule has 0 bridgehead atoms. The largest absolute Gasteiger partial charge is 0.273 e. The van der Waals surface area contributed by atoms with Crippen molar-refractivity contribution in [3.63, 3.8) is 0 Å². The number of hydrazine groups is 1. The van der Waals surface area contributed by atoms with Crippen molar-refractivity contribution in [2.75, 3.05) is 0 Å². The molecule has 1 aliphatic carbocycles. The molecule has 0 amide bonds. The summed E-state index contributed by atoms with van der Waals surface area (Å²) in [6.45, 7) is 4.42. The Morgan fingerprint density at radius 3 is 2.78 bits per heavy atom. The van der Waals surface area contributed by atoms with Crippen LogP contribution < -0.4 is 11.3 Å². The molecule has 0 saturated heterocycles. The average Bonchev–Trinajstić information content (AvgIpc) is 2.73. The normalized spacial score (nSPS) is 26.2. The van der Waals surface area contributed by atoms with Crippen LogP contribution in [0.3, 0.4) is 0 Å². The summed E-state index contributed by atoms with van der Waals surface area (Å²) in [5.41, 5.74) is 5.54. The highest BCUT2D eigenvalue weighted by Crippen LogP contribution is 2.40. The second-order valence-corrected chi connectivity index (χ2v) is 5.57. The lowest BCUT2D eigenvalue weighted by atomic mass is 9.72. The number of nitrogens with one attached hydrogen (secondary N) is 1. The summed E-state index contributed by atoms with van der Waals surface area (Å²) in [5, 5.41) is 4.35. The van der Waals surface area contributed by atoms with Gasteiger partial charge in [0.1, 0.15) is 0 Å². The SMILES string of the molecule is CCC1CCCCC1C(NN)c1cnn(C)c1C. The van der Waals surface area contributed by atoms with Crippen molar-refractivity contribution in [1.29, 1.82) is 0 Å². The highest BCUT2D eigenvalue weighted by atomic mass is 15.3. The van der Waals surface area contributed by atoms with Crippen LogP contribution in [0, 0.1) is 18.8 Å². The van der Waals surface area contributed by atoms with Crippen LogP contribution in [0.5, 0.6) is 0 Å². The second kappa shape index (κ2) is 5.85. The third-order valence-electron chi connectivity index (χ3n) is 4.71. The van der Waals surface area contributed by atoms with Crippen LogP contribution in [-0.2, 0) is 7.05 Å². The van der Waals surface area contributed by atoms with E-state index >= 15 is 0 Å². The minimum atomic E-state index is 0.254. The van der Waals surface area contributed by atoms with Gasteiger partial charge in [-0.15, -0.1) is 0 Å². The maximum atomic E-state index is 5.84. The van der Waals surface area contributed by atoms with Crippen LogP contribution >= 0.6 is 0 Å². The molecule has 1 aliphatic rings. The van der Waals surface area contributed by atoms with Gasteiger partial charge in [-0.3, -0.25) is 16.0 Å². The molecule has 4 nitrogen and oxygen atoms in total. The van der Waals surface area contributed by atoms with Crippen LogP contribution in [0.1, 0.15) is 56.3 Å². The van der Waals surface area contributed by atoms with Crippen LogP contribution in [0.4, 0.5) is 0 Å². The van der Waals surface area contributed by atoms with Crippen LogP contribution in [0.2, 0.25) is 0 Å². The molecule has 1 aromatic heterocycles. The highest BCUT2D eigenvalue weighted by Gasteiger charge is 2.32. The molecule has 0 radical (unpaired) electrons. The Kier molecular flexibility index (Phi) is 4.40. The number of hydrogen-bond acceptors (Lipinski definition) is 3. The van der Waals surface area contributed by atoms with E-state index in [0.717, 1.165) is 5.92 Å². The molecule has 1 heterocycles. The summed E-state index contributed by atoms with van der Waals surface area (Å²) in [5.74, 6) is 7.28. The fourth-order valence-electron chi connectivity index (χ4n) is 3.45. The molecule has 0 spiro atoms. The molecule has 2 rings (SSSR count). The van der Waals surface area contributed by atoms with E-state index in [-0.39, 0.29) is 6.04 Å². The van der Waals surface area contributed by atoms with E-state index in [2.05, 4.69) is 24.4 Å². The maximum absolute atomic E-state index is 5.84. The number of aryl methyl sites for hydroxylation is 1. The van der Waals surface area contributed by atoms with Gasteiger partial charge in [-0.25, -0.2) is 0 Å². The molecule has 18 heavy (non-hydrogen) atoms. The lowest BCUT2D eigenvalue weighted by Crippen LogP contribution is -2.38. The Labute approximate surface area is 110 Å². The molecule has 1 aromatic rings. The van der Waals surface area contributed by atoms with E-state index in [9.17, 15) is 0 Å². The standard InChI is InChI=1S/C14H26N4/c1-4-11-7-5-6-8-12(11)14(17-15)13-9-16-18(3)10(13)2/h9,11-12,14,17H,4-8,15H2,1-3H3. The number of rotatable bonds is 4. The fraction of sp³-hybridized carbons (Fsp3) is 0.786. The van der Waals surface area contributed by atoms with E-state index < -0.39 is 0 Å². The predicted molar refractivity (Wildman–Crippen MR) is 73.7 cm³/mol. The first kappa shape index (κ1) is 13.6. The number of aromatic nitrogens is 2. The number of nitrogens with zero attached hydrogens (tertiary/aromatic N) is 2. The third-order valence-corrected chi connectivity index (χ3v) is 4.71. The summed E-state index contributed by atoms with van der Waals surface area (Å²) in [6.07, 6.45) is 8.56. The molecule has 3 atom stereocenters. The first-order valence-corrected chi connectivity index (χ1v) is 7.13. The van der Waals surface area contributed by atoms with E-state index in [1.165, 1.54) is 43.4 Å². The predicted octanol–water partition coefficient (Wildman–Crippen LogP) is 2.45. The highest BCUT2D eigenvalue weighted by molar-refractivity contribution is 5.21. The minimum Gasteiger partial charge on any atom is -0.273 e. The lowest BCUT2D eigenvalue weighted by molar-refractivity contribution is 0.175. The van der Waals surface area contributed by atoms with Gasteiger partial charge in [0.05, 0.1) is 12.2 Å². The van der Waals surface area contributed by atoms with Gasteiger partial charge in [-0.05, 0) is 25.2 Å². The van der Waals surface area contributed by atoms with Crippen molar-refractivity contribution >= 4 is 0 Å². The third kappa shape index (κ3) is 2.45. The Bertz CT molecular complexity index is 385. The molecule has 3 unspecified atom stereocenters. The Morgan fingerprint density at radius 2 is 2.22 bits per heavy atom. The van der Waals surface area contributed by atoms with Gasteiger partial charge in [-0.2, -0.15) is 5.10 Å². The number of hydrogen-bond donors (Lipinski definition) is 2. The zero-order valence-electron chi connectivity index (χ0n) is 11.8. The average molecular weight is 250 g/mol. The molecule has 3 N–H and O–H groups in total. The summed E-state index contributed by atoms with van der Waals surface area (Å²) in [4.78, 5) is 0. The van der Waals surface area contributed by atoms with Crippen molar-refractivity contribution in [3.8, 4) is 0 Å². The Balaban J connectivity index is 2.24. The van der Waals surface area contributed by atoms with E-state index in [1.807, 2.05) is 17.9 Å². The summed E-state index contributed by atoms with van der Waals surface area (Å²) in [6, 6.07) is 0.254. The zero-order valence-corrected chi connectivity index (χ0v) is 11.8. The smallest absolute Gasteiger partial charge is 0.0540 e. The van der Waals surface area contributed by atoms with Gasteiger partial charge < -0.3 is 0 Å². The first-order valence-electron chi connectivity index (χ1n) is 7.13. The van der Waals surface area contributed by atoms with Gasteiger partial charge in [0.15, 0.2) is 0 Å². The van der Waals surface area contributed by atoms with Crippen molar-refractivity contribution < 1.29 is 0 Å². The van der Waals surface area contributed by atoms with Crippen molar-refractivity contribution in [2.45, 2.75) is 52.0 Å². The van der Waals surface area contributed by atoms with Crippen molar-refractivity contribution in [1.82, 2.24) is 15.2 Å². The van der Waals surface area contributed by atoms with Gasteiger partial charge in [-0.1, -0.05) is 32.6 Å². The number of nitrogens with two attached hydrogens (primary N) is 1. The summed E-state index contributed by atoms with van der Waals surface area (Å²) in [7, 11) is 1.99. The summed E-state index contributed by atoms with van der Waals surface area (Å²) >= 11 is 0. The van der Waals surface area contributed by atoms with Gasteiger partial charge in [0.2, 0.25) is 0 Å². The topological polar surface area (TPSA) is 55.9 Å². The van der Waals surface area contributed by atoms with Crippen molar-refractivity contribution in [2.24, 2.45) is 24.7 Å². The van der Waals surface area contributed by atoms with E-state index in [1.54, 1.807) is 0 Å². The molecule has 0 aliphatic heterocycles. The Morgan fingerprint density at radius 1 is 1.50 bits per heavy atom. The lowest BCUT2D eigenvalue weighted by Gasteiger charge is -2.36.